The fourth-order valence-electron chi connectivity index (χ4n) is 2.71. The standard InChI is InChI=1S/C12H18N4O3/c1-16(9-4-2-3-7(9)5-13)11(18)8-6-14-12(19)15-10(8)17/h6-7,9H,2-5,13H2,1H3,(H2,14,15,17,19). The Morgan fingerprint density at radius 3 is 2.84 bits per heavy atom. The van der Waals surface area contributed by atoms with Gasteiger partial charge in [-0.3, -0.25) is 14.6 Å². The van der Waals surface area contributed by atoms with Crippen LogP contribution in [0.3, 0.4) is 0 Å². The van der Waals surface area contributed by atoms with Crippen molar-refractivity contribution < 1.29 is 4.79 Å². The van der Waals surface area contributed by atoms with E-state index in [1.54, 1.807) is 11.9 Å². The summed E-state index contributed by atoms with van der Waals surface area (Å²) in [5.41, 5.74) is 4.36. The Kier molecular flexibility index (Phi) is 3.84. The predicted molar refractivity (Wildman–Crippen MR) is 70.0 cm³/mol. The molecule has 1 aliphatic carbocycles. The quantitative estimate of drug-likeness (QED) is 0.669. The molecule has 0 saturated heterocycles. The molecule has 0 bridgehead atoms. The highest BCUT2D eigenvalue weighted by Gasteiger charge is 2.32. The summed E-state index contributed by atoms with van der Waals surface area (Å²) < 4.78 is 0. The minimum absolute atomic E-state index is 0.0511. The molecule has 0 aromatic carbocycles. The average molecular weight is 266 g/mol. The normalized spacial score (nSPS) is 22.4. The van der Waals surface area contributed by atoms with Gasteiger partial charge < -0.3 is 15.6 Å². The number of hydrogen-bond acceptors (Lipinski definition) is 4. The molecular weight excluding hydrogens is 248 g/mol. The molecule has 19 heavy (non-hydrogen) atoms. The summed E-state index contributed by atoms with van der Waals surface area (Å²) in [6.07, 6.45) is 4.09. The molecule has 1 aromatic rings. The van der Waals surface area contributed by atoms with Crippen molar-refractivity contribution >= 4 is 5.91 Å². The van der Waals surface area contributed by atoms with Gasteiger partial charge in [0.1, 0.15) is 5.56 Å². The molecule has 7 heteroatoms. The molecule has 7 nitrogen and oxygen atoms in total. The van der Waals surface area contributed by atoms with Crippen LogP contribution in [0.1, 0.15) is 29.6 Å². The maximum atomic E-state index is 12.3. The fraction of sp³-hybridized carbons (Fsp3) is 0.583. The highest BCUT2D eigenvalue weighted by molar-refractivity contribution is 5.93. The third kappa shape index (κ3) is 2.60. The summed E-state index contributed by atoms with van der Waals surface area (Å²) in [6, 6.07) is 0.0591. The Bertz CT molecular complexity index is 577. The first kappa shape index (κ1) is 13.5. The molecule has 1 aromatic heterocycles. The van der Waals surface area contributed by atoms with Crippen LogP contribution in [-0.4, -0.2) is 40.4 Å². The van der Waals surface area contributed by atoms with Crippen molar-refractivity contribution in [2.75, 3.05) is 13.6 Å². The van der Waals surface area contributed by atoms with Gasteiger partial charge in [0.25, 0.3) is 11.5 Å². The van der Waals surface area contributed by atoms with E-state index in [9.17, 15) is 14.4 Å². The zero-order chi connectivity index (χ0) is 14.0. The molecule has 1 fully saturated rings. The van der Waals surface area contributed by atoms with E-state index < -0.39 is 11.2 Å². The van der Waals surface area contributed by atoms with Gasteiger partial charge in [-0.1, -0.05) is 6.42 Å². The molecule has 0 radical (unpaired) electrons. The topological polar surface area (TPSA) is 112 Å². The second kappa shape index (κ2) is 5.40. The maximum Gasteiger partial charge on any atom is 0.325 e. The van der Waals surface area contributed by atoms with Crippen LogP contribution in [0.4, 0.5) is 0 Å². The van der Waals surface area contributed by atoms with E-state index in [4.69, 9.17) is 5.73 Å². The Morgan fingerprint density at radius 2 is 2.21 bits per heavy atom. The van der Waals surface area contributed by atoms with Gasteiger partial charge in [0, 0.05) is 19.3 Å². The van der Waals surface area contributed by atoms with Crippen LogP contribution in [0.25, 0.3) is 0 Å². The number of aromatic nitrogens is 2. The van der Waals surface area contributed by atoms with Gasteiger partial charge >= 0.3 is 5.69 Å². The lowest BCUT2D eigenvalue weighted by molar-refractivity contribution is 0.0697. The molecule has 1 aliphatic rings. The SMILES string of the molecule is CN(C(=O)c1c[nH]c(=O)[nH]c1=O)C1CCCC1CN. The largest absolute Gasteiger partial charge is 0.338 e. The number of nitrogens with two attached hydrogens (primary N) is 1. The summed E-state index contributed by atoms with van der Waals surface area (Å²) in [6.45, 7) is 0.532. The molecular formula is C12H18N4O3. The number of nitrogens with zero attached hydrogens (tertiary/aromatic N) is 1. The number of amides is 1. The first-order chi connectivity index (χ1) is 9.04. The number of carbonyl (C=O) groups is 1. The lowest BCUT2D eigenvalue weighted by Crippen LogP contribution is -2.43. The molecule has 1 amide bonds. The van der Waals surface area contributed by atoms with Crippen LogP contribution in [0.5, 0.6) is 0 Å². The smallest absolute Gasteiger partial charge is 0.325 e. The molecule has 0 spiro atoms. The first-order valence-corrected chi connectivity index (χ1v) is 6.34. The molecule has 2 unspecified atom stereocenters. The Hall–Kier alpha value is -1.89. The highest BCUT2D eigenvalue weighted by Crippen LogP contribution is 2.28. The van der Waals surface area contributed by atoms with Crippen molar-refractivity contribution in [1.82, 2.24) is 14.9 Å². The lowest BCUT2D eigenvalue weighted by Gasteiger charge is -2.28. The zero-order valence-electron chi connectivity index (χ0n) is 10.8. The molecule has 1 saturated carbocycles. The molecule has 2 atom stereocenters. The van der Waals surface area contributed by atoms with Crippen LogP contribution in [0.2, 0.25) is 0 Å². The number of aromatic amines is 2. The highest BCUT2D eigenvalue weighted by atomic mass is 16.2. The molecule has 0 aliphatic heterocycles. The van der Waals surface area contributed by atoms with E-state index in [0.717, 1.165) is 25.5 Å². The zero-order valence-corrected chi connectivity index (χ0v) is 10.8. The summed E-state index contributed by atoms with van der Waals surface area (Å²) in [4.78, 5) is 40.7. The van der Waals surface area contributed by atoms with E-state index in [1.807, 2.05) is 0 Å². The van der Waals surface area contributed by atoms with Crippen molar-refractivity contribution in [3.05, 3.63) is 32.6 Å². The minimum atomic E-state index is -0.664. The van der Waals surface area contributed by atoms with E-state index in [-0.39, 0.29) is 23.4 Å². The van der Waals surface area contributed by atoms with Crippen molar-refractivity contribution in [2.45, 2.75) is 25.3 Å². The number of H-pyrrole nitrogens is 2. The van der Waals surface area contributed by atoms with Gasteiger partial charge in [-0.2, -0.15) is 0 Å². The number of nitrogens with one attached hydrogen (secondary N) is 2. The van der Waals surface area contributed by atoms with Gasteiger partial charge in [0.05, 0.1) is 0 Å². The van der Waals surface area contributed by atoms with Gasteiger partial charge in [0.15, 0.2) is 0 Å². The summed E-state index contributed by atoms with van der Waals surface area (Å²) >= 11 is 0. The van der Waals surface area contributed by atoms with E-state index in [2.05, 4.69) is 9.97 Å². The van der Waals surface area contributed by atoms with Crippen molar-refractivity contribution in [2.24, 2.45) is 11.7 Å². The number of rotatable bonds is 3. The van der Waals surface area contributed by atoms with Crippen LogP contribution >= 0.6 is 0 Å². The van der Waals surface area contributed by atoms with Crippen LogP contribution in [0.15, 0.2) is 15.8 Å². The summed E-state index contributed by atoms with van der Waals surface area (Å²) in [7, 11) is 1.67. The maximum absolute atomic E-state index is 12.3. The first-order valence-electron chi connectivity index (χ1n) is 6.34. The second-order valence-electron chi connectivity index (χ2n) is 4.90. The van der Waals surface area contributed by atoms with Crippen molar-refractivity contribution in [3.63, 3.8) is 0 Å². The van der Waals surface area contributed by atoms with Gasteiger partial charge in [-0.25, -0.2) is 4.79 Å². The summed E-state index contributed by atoms with van der Waals surface area (Å²) in [5, 5.41) is 0. The van der Waals surface area contributed by atoms with Gasteiger partial charge in [-0.15, -0.1) is 0 Å². The molecule has 2 rings (SSSR count). The van der Waals surface area contributed by atoms with E-state index in [1.165, 1.54) is 0 Å². The molecule has 4 N–H and O–H groups in total. The van der Waals surface area contributed by atoms with Crippen LogP contribution < -0.4 is 17.0 Å². The minimum Gasteiger partial charge on any atom is -0.338 e. The molecule has 1 heterocycles. The molecule has 104 valence electrons. The summed E-state index contributed by atoms with van der Waals surface area (Å²) in [5.74, 6) is -0.112. The van der Waals surface area contributed by atoms with Gasteiger partial charge in [0.2, 0.25) is 0 Å². The fourth-order valence-corrected chi connectivity index (χ4v) is 2.71. The Morgan fingerprint density at radius 1 is 1.47 bits per heavy atom. The Labute approximate surface area is 109 Å². The lowest BCUT2D eigenvalue weighted by atomic mass is 10.0. The van der Waals surface area contributed by atoms with Crippen LogP contribution in [-0.2, 0) is 0 Å². The third-order valence-corrected chi connectivity index (χ3v) is 3.79. The van der Waals surface area contributed by atoms with Gasteiger partial charge in [-0.05, 0) is 25.3 Å². The third-order valence-electron chi connectivity index (χ3n) is 3.79. The second-order valence-corrected chi connectivity index (χ2v) is 4.90. The number of hydrogen-bond donors (Lipinski definition) is 3. The number of carbonyl (C=O) groups excluding carboxylic acids is 1. The average Bonchev–Trinajstić information content (AvgIpc) is 2.85. The van der Waals surface area contributed by atoms with E-state index in [0.29, 0.717) is 6.54 Å². The van der Waals surface area contributed by atoms with Crippen molar-refractivity contribution in [1.29, 1.82) is 0 Å². The van der Waals surface area contributed by atoms with Crippen LogP contribution in [0, 0.1) is 5.92 Å². The van der Waals surface area contributed by atoms with Crippen molar-refractivity contribution in [3.8, 4) is 0 Å². The monoisotopic (exact) mass is 266 g/mol. The predicted octanol–water partition coefficient (Wildman–Crippen LogP) is -0.737. The van der Waals surface area contributed by atoms with E-state index >= 15 is 0 Å². The Balaban J connectivity index is 2.23.